The van der Waals surface area contributed by atoms with Crippen molar-refractivity contribution >= 4 is 23.6 Å². The number of nitrogens with zero attached hydrogens (tertiary/aromatic N) is 1. The van der Waals surface area contributed by atoms with Gasteiger partial charge in [-0.15, -0.1) is 0 Å². The van der Waals surface area contributed by atoms with Crippen LogP contribution in [0, 0.1) is 17.8 Å². The Labute approximate surface area is 273 Å². The summed E-state index contributed by atoms with van der Waals surface area (Å²) in [5, 5.41) is 21.0. The standard InChI is InChI=1S/C35H53N5O6/c1-23(2)22-46-31-18-15-29(16-19-31)20-40(39-33(43)32(24(3)4)36-26(7)41)21-30(17-14-28-12-10-9-11-13-28)37-34(44)35(45,25(5)6)38-27(8)42/h9-13,15-16,18-19,23-25,30,32,45H,14,17,20-22H2,1-8H3,(H,36,41)(H,37,44)(H,38,42)(H,39,43)/t30-,32-,35+/m0/s1. The van der Waals surface area contributed by atoms with Crippen LogP contribution in [0.4, 0.5) is 0 Å². The summed E-state index contributed by atoms with van der Waals surface area (Å²) in [6.07, 6.45) is 1.08. The number of hydrazine groups is 1. The number of aryl methyl sites for hydroxylation is 1. The maximum atomic E-state index is 13.5. The SMILES string of the molecule is CC(=O)N[C@H](C(=O)NN(Cc1ccc(OCC(C)C)cc1)C[C@H](CCc1ccccc1)NC(=O)[C@@](O)(NC(C)=O)C(C)C)C(C)C. The molecule has 0 radical (unpaired) electrons. The first-order valence-electron chi connectivity index (χ1n) is 16.0. The fraction of sp³-hybridized carbons (Fsp3) is 0.543. The van der Waals surface area contributed by atoms with Crippen molar-refractivity contribution < 1.29 is 29.0 Å². The molecule has 0 saturated heterocycles. The van der Waals surface area contributed by atoms with Crippen molar-refractivity contribution in [2.24, 2.45) is 17.8 Å². The van der Waals surface area contributed by atoms with Crippen molar-refractivity contribution in [3.05, 3.63) is 65.7 Å². The van der Waals surface area contributed by atoms with Crippen molar-refractivity contribution in [3.63, 3.8) is 0 Å². The molecule has 0 saturated carbocycles. The Balaban J connectivity index is 2.41. The lowest BCUT2D eigenvalue weighted by atomic mass is 9.97. The smallest absolute Gasteiger partial charge is 0.273 e. The van der Waals surface area contributed by atoms with Crippen molar-refractivity contribution in [2.45, 2.75) is 92.6 Å². The fourth-order valence-electron chi connectivity index (χ4n) is 4.79. The van der Waals surface area contributed by atoms with Gasteiger partial charge in [0.25, 0.3) is 11.8 Å². The number of aliphatic hydroxyl groups is 1. The van der Waals surface area contributed by atoms with Crippen molar-refractivity contribution in [1.82, 2.24) is 26.4 Å². The highest BCUT2D eigenvalue weighted by Crippen LogP contribution is 2.18. The van der Waals surface area contributed by atoms with Crippen LogP contribution in [0.2, 0.25) is 0 Å². The van der Waals surface area contributed by atoms with Crippen LogP contribution >= 0.6 is 0 Å². The molecule has 0 heterocycles. The van der Waals surface area contributed by atoms with Gasteiger partial charge in [0.1, 0.15) is 11.8 Å². The quantitative estimate of drug-likeness (QED) is 0.124. The van der Waals surface area contributed by atoms with E-state index >= 15 is 0 Å². The first-order valence-corrected chi connectivity index (χ1v) is 16.0. The second kappa shape index (κ2) is 18.3. The third-order valence-corrected chi connectivity index (χ3v) is 7.40. The molecule has 5 N–H and O–H groups in total. The molecule has 2 aromatic carbocycles. The number of hydrogen-bond acceptors (Lipinski definition) is 7. The highest BCUT2D eigenvalue weighted by Gasteiger charge is 2.41. The molecule has 2 rings (SSSR count). The molecule has 0 unspecified atom stereocenters. The molecule has 0 spiro atoms. The van der Waals surface area contributed by atoms with E-state index < -0.39 is 41.4 Å². The monoisotopic (exact) mass is 639 g/mol. The number of rotatable bonds is 18. The number of amides is 4. The summed E-state index contributed by atoms with van der Waals surface area (Å²) in [4.78, 5) is 50.9. The topological polar surface area (TPSA) is 149 Å². The molecule has 2 aromatic rings. The first kappa shape index (κ1) is 38.2. The summed E-state index contributed by atoms with van der Waals surface area (Å²) in [7, 11) is 0. The summed E-state index contributed by atoms with van der Waals surface area (Å²) in [5.41, 5.74) is 2.77. The largest absolute Gasteiger partial charge is 0.493 e. The normalized spacial score (nSPS) is 14.0. The van der Waals surface area contributed by atoms with Gasteiger partial charge in [0.15, 0.2) is 0 Å². The van der Waals surface area contributed by atoms with Crippen molar-refractivity contribution in [2.75, 3.05) is 13.2 Å². The number of carbonyl (C=O) groups excluding carboxylic acids is 4. The predicted molar refractivity (Wildman–Crippen MR) is 178 cm³/mol. The lowest BCUT2D eigenvalue weighted by molar-refractivity contribution is -0.155. The first-order chi connectivity index (χ1) is 21.6. The minimum atomic E-state index is -2.13. The van der Waals surface area contributed by atoms with Gasteiger partial charge < -0.3 is 25.8 Å². The maximum Gasteiger partial charge on any atom is 0.273 e. The summed E-state index contributed by atoms with van der Waals surface area (Å²) >= 11 is 0. The predicted octanol–water partition coefficient (Wildman–Crippen LogP) is 3.31. The van der Waals surface area contributed by atoms with Gasteiger partial charge in [-0.3, -0.25) is 24.6 Å². The Hall–Kier alpha value is -3.96. The lowest BCUT2D eigenvalue weighted by Gasteiger charge is -2.35. The molecule has 3 atom stereocenters. The molecular weight excluding hydrogens is 586 g/mol. The average molecular weight is 640 g/mol. The third kappa shape index (κ3) is 12.8. The van der Waals surface area contributed by atoms with Gasteiger partial charge in [0, 0.05) is 38.9 Å². The molecular formula is C35H53N5O6. The Kier molecular flexibility index (Phi) is 15.2. The number of hydrogen-bond donors (Lipinski definition) is 5. The van der Waals surface area contributed by atoms with Crippen LogP contribution in [-0.4, -0.2) is 64.7 Å². The number of benzene rings is 2. The summed E-state index contributed by atoms with van der Waals surface area (Å²) < 4.78 is 5.82. The molecule has 0 aliphatic rings. The molecule has 11 nitrogen and oxygen atoms in total. The van der Waals surface area contributed by atoms with Crippen LogP contribution in [0.3, 0.4) is 0 Å². The van der Waals surface area contributed by atoms with Crippen molar-refractivity contribution in [3.8, 4) is 5.75 Å². The van der Waals surface area contributed by atoms with Gasteiger partial charge in [0.2, 0.25) is 17.5 Å². The zero-order valence-corrected chi connectivity index (χ0v) is 28.6. The second-order valence-corrected chi connectivity index (χ2v) is 12.9. The van der Waals surface area contributed by atoms with Gasteiger partial charge in [-0.2, -0.15) is 0 Å². The Morgan fingerprint density at radius 3 is 2.00 bits per heavy atom. The average Bonchev–Trinajstić information content (AvgIpc) is 2.97. The van der Waals surface area contributed by atoms with Crippen LogP contribution in [0.5, 0.6) is 5.75 Å². The van der Waals surface area contributed by atoms with E-state index in [1.807, 2.05) is 68.4 Å². The highest BCUT2D eigenvalue weighted by molar-refractivity contribution is 5.89. The minimum Gasteiger partial charge on any atom is -0.493 e. The molecule has 0 aliphatic carbocycles. The van der Waals surface area contributed by atoms with E-state index in [0.717, 1.165) is 16.9 Å². The Bertz CT molecular complexity index is 1270. The van der Waals surface area contributed by atoms with Crippen LogP contribution < -0.4 is 26.1 Å². The second-order valence-electron chi connectivity index (χ2n) is 12.9. The van der Waals surface area contributed by atoms with Crippen LogP contribution in [0.25, 0.3) is 0 Å². The molecule has 4 amide bonds. The summed E-state index contributed by atoms with van der Waals surface area (Å²) in [6, 6.07) is 16.0. The van der Waals surface area contributed by atoms with E-state index in [2.05, 4.69) is 35.2 Å². The number of carbonyl (C=O) groups is 4. The maximum absolute atomic E-state index is 13.5. The lowest BCUT2D eigenvalue weighted by Crippen LogP contribution is -2.64. The van der Waals surface area contributed by atoms with E-state index in [-0.39, 0.29) is 24.9 Å². The van der Waals surface area contributed by atoms with Gasteiger partial charge in [-0.05, 0) is 47.9 Å². The third-order valence-electron chi connectivity index (χ3n) is 7.40. The van der Waals surface area contributed by atoms with Gasteiger partial charge in [-0.1, -0.05) is 84.0 Å². The van der Waals surface area contributed by atoms with Crippen molar-refractivity contribution in [1.29, 1.82) is 0 Å². The van der Waals surface area contributed by atoms with E-state index in [0.29, 0.717) is 25.4 Å². The molecule has 46 heavy (non-hydrogen) atoms. The molecule has 254 valence electrons. The molecule has 0 bridgehead atoms. The van der Waals surface area contributed by atoms with Crippen LogP contribution in [-0.2, 0) is 32.1 Å². The van der Waals surface area contributed by atoms with E-state index in [9.17, 15) is 24.3 Å². The fourth-order valence-corrected chi connectivity index (χ4v) is 4.79. The molecule has 0 fully saturated rings. The zero-order chi connectivity index (χ0) is 34.4. The number of ether oxygens (including phenoxy) is 1. The zero-order valence-electron chi connectivity index (χ0n) is 28.6. The van der Waals surface area contributed by atoms with Crippen LogP contribution in [0.15, 0.2) is 54.6 Å². The van der Waals surface area contributed by atoms with E-state index in [4.69, 9.17) is 4.74 Å². The Morgan fingerprint density at radius 1 is 0.848 bits per heavy atom. The van der Waals surface area contributed by atoms with Gasteiger partial charge in [0.05, 0.1) is 6.61 Å². The Morgan fingerprint density at radius 2 is 1.48 bits per heavy atom. The number of nitrogens with one attached hydrogen (secondary N) is 4. The van der Waals surface area contributed by atoms with Crippen LogP contribution in [0.1, 0.15) is 72.9 Å². The summed E-state index contributed by atoms with van der Waals surface area (Å²) in [6.45, 7) is 14.8. The molecule has 11 heteroatoms. The molecule has 0 aliphatic heterocycles. The van der Waals surface area contributed by atoms with Gasteiger partial charge in [-0.25, -0.2) is 5.01 Å². The minimum absolute atomic E-state index is 0.162. The van der Waals surface area contributed by atoms with E-state index in [1.165, 1.54) is 13.8 Å². The van der Waals surface area contributed by atoms with Gasteiger partial charge >= 0.3 is 0 Å². The van der Waals surface area contributed by atoms with E-state index in [1.54, 1.807) is 18.9 Å². The molecule has 0 aromatic heterocycles. The highest BCUT2D eigenvalue weighted by atomic mass is 16.5. The summed E-state index contributed by atoms with van der Waals surface area (Å²) in [5.74, 6) is -1.70.